The fraction of sp³-hybridized carbons (Fsp3) is 0.350. The third kappa shape index (κ3) is 4.91. The molecule has 0 bridgehead atoms. The van der Waals surface area contributed by atoms with Gasteiger partial charge in [0.15, 0.2) is 9.84 Å². The number of carbonyl (C=O) groups excluding carboxylic acids is 1. The zero-order valence-corrected chi connectivity index (χ0v) is 16.2. The quantitative estimate of drug-likeness (QED) is 0.798. The highest BCUT2D eigenvalue weighted by atomic mass is 32.2. The normalized spacial score (nSPS) is 11.8. The number of benzene rings is 2. The van der Waals surface area contributed by atoms with E-state index in [0.717, 1.165) is 0 Å². The predicted octanol–water partition coefficient (Wildman–Crippen LogP) is 4.63. The number of halogens is 1. The highest BCUT2D eigenvalue weighted by Gasteiger charge is 2.18. The maximum Gasteiger partial charge on any atom is 0.255 e. The molecule has 0 aromatic heterocycles. The topological polar surface area (TPSA) is 63.2 Å². The first-order valence-electron chi connectivity index (χ1n) is 8.53. The number of anilines is 1. The van der Waals surface area contributed by atoms with Crippen molar-refractivity contribution in [1.29, 1.82) is 0 Å². The van der Waals surface area contributed by atoms with E-state index in [1.54, 1.807) is 18.2 Å². The second-order valence-electron chi connectivity index (χ2n) is 7.05. The summed E-state index contributed by atoms with van der Waals surface area (Å²) in [5.41, 5.74) is 1.22. The standard InChI is InChI=1S/C20H24FNO3S/c1-13(2)12-26(24,25)17-7-5-6-15(10-17)20(23)22-16-8-9-19(21)18(11-16)14(3)4/h5-11,13-14H,12H2,1-4H3,(H,22,23). The van der Waals surface area contributed by atoms with Crippen molar-refractivity contribution >= 4 is 21.4 Å². The first-order valence-corrected chi connectivity index (χ1v) is 10.2. The van der Waals surface area contributed by atoms with Crippen molar-refractivity contribution in [3.05, 3.63) is 59.4 Å². The molecule has 1 N–H and O–H groups in total. The van der Waals surface area contributed by atoms with E-state index in [1.165, 1.54) is 24.3 Å². The van der Waals surface area contributed by atoms with Gasteiger partial charge in [-0.15, -0.1) is 0 Å². The summed E-state index contributed by atoms with van der Waals surface area (Å²) in [7, 11) is -3.44. The molecule has 0 aliphatic heterocycles. The average Bonchev–Trinajstić information content (AvgIpc) is 2.55. The van der Waals surface area contributed by atoms with Crippen LogP contribution in [0.2, 0.25) is 0 Å². The van der Waals surface area contributed by atoms with Crippen LogP contribution in [0.25, 0.3) is 0 Å². The second kappa shape index (κ2) is 7.99. The van der Waals surface area contributed by atoms with Gasteiger partial charge in [-0.1, -0.05) is 33.8 Å². The Balaban J connectivity index is 2.26. The molecule has 2 rings (SSSR count). The van der Waals surface area contributed by atoms with Gasteiger partial charge in [0.05, 0.1) is 10.6 Å². The molecule has 0 aliphatic rings. The van der Waals surface area contributed by atoms with Crippen molar-refractivity contribution in [2.24, 2.45) is 5.92 Å². The van der Waals surface area contributed by atoms with Crippen LogP contribution in [-0.2, 0) is 9.84 Å². The lowest BCUT2D eigenvalue weighted by atomic mass is 10.0. The Morgan fingerprint density at radius 3 is 2.38 bits per heavy atom. The van der Waals surface area contributed by atoms with Crippen LogP contribution in [-0.4, -0.2) is 20.1 Å². The van der Waals surface area contributed by atoms with E-state index < -0.39 is 15.7 Å². The fourth-order valence-electron chi connectivity index (χ4n) is 2.63. The third-order valence-electron chi connectivity index (χ3n) is 3.88. The highest BCUT2D eigenvalue weighted by Crippen LogP contribution is 2.23. The van der Waals surface area contributed by atoms with E-state index in [0.29, 0.717) is 11.3 Å². The van der Waals surface area contributed by atoms with E-state index in [-0.39, 0.29) is 33.9 Å². The van der Waals surface area contributed by atoms with Gasteiger partial charge in [0, 0.05) is 11.3 Å². The summed E-state index contributed by atoms with van der Waals surface area (Å²) in [6, 6.07) is 10.4. The van der Waals surface area contributed by atoms with Crippen LogP contribution in [0.3, 0.4) is 0 Å². The van der Waals surface area contributed by atoms with Gasteiger partial charge in [-0.25, -0.2) is 12.8 Å². The minimum absolute atomic E-state index is 0.00819. The average molecular weight is 377 g/mol. The molecule has 1 amide bonds. The lowest BCUT2D eigenvalue weighted by Gasteiger charge is -2.12. The molecule has 6 heteroatoms. The maximum atomic E-state index is 13.8. The summed E-state index contributed by atoms with van der Waals surface area (Å²) in [4.78, 5) is 12.6. The van der Waals surface area contributed by atoms with E-state index in [4.69, 9.17) is 0 Å². The largest absolute Gasteiger partial charge is 0.322 e. The van der Waals surface area contributed by atoms with Gasteiger partial charge in [-0.2, -0.15) is 0 Å². The Labute approximate surface area is 154 Å². The molecule has 4 nitrogen and oxygen atoms in total. The maximum absolute atomic E-state index is 13.8. The van der Waals surface area contributed by atoms with Crippen LogP contribution in [0.1, 0.15) is 49.5 Å². The number of sulfone groups is 1. The highest BCUT2D eigenvalue weighted by molar-refractivity contribution is 7.91. The van der Waals surface area contributed by atoms with Crippen LogP contribution >= 0.6 is 0 Å². The molecule has 0 spiro atoms. The van der Waals surface area contributed by atoms with E-state index in [9.17, 15) is 17.6 Å². The number of nitrogens with one attached hydrogen (secondary N) is 1. The lowest BCUT2D eigenvalue weighted by molar-refractivity contribution is 0.102. The van der Waals surface area contributed by atoms with Crippen LogP contribution in [0.5, 0.6) is 0 Å². The van der Waals surface area contributed by atoms with Gasteiger partial charge in [0.2, 0.25) is 0 Å². The van der Waals surface area contributed by atoms with Crippen LogP contribution in [0.15, 0.2) is 47.4 Å². The summed E-state index contributed by atoms with van der Waals surface area (Å²) < 4.78 is 38.5. The first kappa shape index (κ1) is 20.1. The molecule has 0 radical (unpaired) electrons. The molecule has 0 fully saturated rings. The molecular formula is C20H24FNO3S. The summed E-state index contributed by atoms with van der Waals surface area (Å²) in [5, 5.41) is 2.70. The van der Waals surface area contributed by atoms with Crippen molar-refractivity contribution in [1.82, 2.24) is 0 Å². The third-order valence-corrected chi connectivity index (χ3v) is 5.96. The molecule has 0 heterocycles. The smallest absolute Gasteiger partial charge is 0.255 e. The fourth-order valence-corrected chi connectivity index (χ4v) is 4.30. The van der Waals surface area contributed by atoms with Gasteiger partial charge in [-0.3, -0.25) is 4.79 Å². The van der Waals surface area contributed by atoms with Crippen molar-refractivity contribution in [2.75, 3.05) is 11.1 Å². The summed E-state index contributed by atoms with van der Waals surface area (Å²) in [6.45, 7) is 7.39. The Morgan fingerprint density at radius 2 is 1.77 bits per heavy atom. The Kier molecular flexibility index (Phi) is 6.18. The number of hydrogen-bond donors (Lipinski definition) is 1. The summed E-state index contributed by atoms with van der Waals surface area (Å²) >= 11 is 0. The van der Waals surface area contributed by atoms with Gasteiger partial charge >= 0.3 is 0 Å². The molecule has 26 heavy (non-hydrogen) atoms. The summed E-state index contributed by atoms with van der Waals surface area (Å²) in [6.07, 6.45) is 0. The summed E-state index contributed by atoms with van der Waals surface area (Å²) in [5.74, 6) is -0.761. The van der Waals surface area contributed by atoms with Gasteiger partial charge in [-0.05, 0) is 53.8 Å². The Hall–Kier alpha value is -2.21. The molecular weight excluding hydrogens is 353 g/mol. The molecule has 0 saturated heterocycles. The van der Waals surface area contributed by atoms with E-state index in [2.05, 4.69) is 5.32 Å². The number of hydrogen-bond acceptors (Lipinski definition) is 3. The molecule has 0 atom stereocenters. The molecule has 2 aromatic rings. The first-order chi connectivity index (χ1) is 12.1. The lowest BCUT2D eigenvalue weighted by Crippen LogP contribution is -2.15. The number of amides is 1. The van der Waals surface area contributed by atoms with Gasteiger partial charge < -0.3 is 5.32 Å². The zero-order valence-electron chi connectivity index (χ0n) is 15.4. The minimum atomic E-state index is -3.44. The Morgan fingerprint density at radius 1 is 1.08 bits per heavy atom. The molecule has 2 aromatic carbocycles. The van der Waals surface area contributed by atoms with Crippen molar-refractivity contribution in [2.45, 2.75) is 38.5 Å². The van der Waals surface area contributed by atoms with E-state index >= 15 is 0 Å². The molecule has 0 unspecified atom stereocenters. The van der Waals surface area contributed by atoms with Crippen LogP contribution in [0, 0.1) is 11.7 Å². The zero-order chi connectivity index (χ0) is 19.5. The molecule has 0 saturated carbocycles. The Bertz CT molecular complexity index is 905. The van der Waals surface area contributed by atoms with Crippen LogP contribution < -0.4 is 5.32 Å². The van der Waals surface area contributed by atoms with Crippen LogP contribution in [0.4, 0.5) is 10.1 Å². The van der Waals surface area contributed by atoms with Crippen molar-refractivity contribution in [3.8, 4) is 0 Å². The SMILES string of the molecule is CC(C)CS(=O)(=O)c1cccc(C(=O)Nc2ccc(F)c(C(C)C)c2)c1. The van der Waals surface area contributed by atoms with Gasteiger partial charge in [0.25, 0.3) is 5.91 Å². The number of carbonyl (C=O) groups is 1. The van der Waals surface area contributed by atoms with Crippen molar-refractivity contribution in [3.63, 3.8) is 0 Å². The van der Waals surface area contributed by atoms with E-state index in [1.807, 2.05) is 27.7 Å². The molecule has 140 valence electrons. The molecule has 0 aliphatic carbocycles. The van der Waals surface area contributed by atoms with Gasteiger partial charge in [0.1, 0.15) is 5.82 Å². The second-order valence-corrected chi connectivity index (χ2v) is 9.08. The van der Waals surface area contributed by atoms with Crippen molar-refractivity contribution < 1.29 is 17.6 Å². The predicted molar refractivity (Wildman–Crippen MR) is 102 cm³/mol. The monoisotopic (exact) mass is 377 g/mol. The number of rotatable bonds is 6. The minimum Gasteiger partial charge on any atom is -0.322 e.